The minimum Gasteiger partial charge on any atom is -0.368 e. The van der Waals surface area contributed by atoms with Crippen LogP contribution in [0.25, 0.3) is 0 Å². The molecule has 2 aromatic rings. The molecule has 0 atom stereocenters. The smallest absolute Gasteiger partial charge is 0.368 e. The molecule has 3 rings (SSSR count). The van der Waals surface area contributed by atoms with Crippen LogP contribution in [-0.4, -0.2) is 32.1 Å². The molecular weight excluding hydrogens is 431 g/mol. The number of rotatable bonds is 6. The van der Waals surface area contributed by atoms with Crippen LogP contribution in [0.2, 0.25) is 0 Å². The summed E-state index contributed by atoms with van der Waals surface area (Å²) in [4.78, 5) is 16.4. The van der Waals surface area contributed by atoms with Crippen molar-refractivity contribution in [3.8, 4) is 6.01 Å². The van der Waals surface area contributed by atoms with E-state index >= 15 is 0 Å². The summed E-state index contributed by atoms with van der Waals surface area (Å²) in [5, 5.41) is 1.58. The molecule has 3 N–H and O–H groups in total. The number of benzene rings is 1. The van der Waals surface area contributed by atoms with Crippen molar-refractivity contribution in [2.75, 3.05) is 11.1 Å². The number of alkyl halides is 5. The quantitative estimate of drug-likeness (QED) is 0.359. The number of anilines is 3. The Bertz CT molecular complexity index is 916. The van der Waals surface area contributed by atoms with Crippen LogP contribution in [0.15, 0.2) is 34.3 Å². The number of nitrogens with one attached hydrogen (secondary N) is 1. The fourth-order valence-corrected chi connectivity index (χ4v) is 3.37. The highest BCUT2D eigenvalue weighted by atomic mass is 32.2. The molecule has 0 saturated heterocycles. The topological polar surface area (TPSA) is 98.3 Å². The first-order valence-electron chi connectivity index (χ1n) is 8.88. The molecule has 162 valence electrons. The maximum atomic E-state index is 13.5. The van der Waals surface area contributed by atoms with Gasteiger partial charge in [0.15, 0.2) is 0 Å². The van der Waals surface area contributed by atoms with E-state index in [-0.39, 0.29) is 28.5 Å². The van der Waals surface area contributed by atoms with Crippen LogP contribution in [0.1, 0.15) is 32.1 Å². The Balaban J connectivity index is 1.79. The molecule has 1 aliphatic carbocycles. The van der Waals surface area contributed by atoms with Gasteiger partial charge in [0.1, 0.15) is 0 Å². The van der Waals surface area contributed by atoms with Crippen molar-refractivity contribution in [3.63, 3.8) is 0 Å². The van der Waals surface area contributed by atoms with Gasteiger partial charge in [-0.15, -0.1) is 0 Å². The molecule has 30 heavy (non-hydrogen) atoms. The third-order valence-corrected chi connectivity index (χ3v) is 5.08. The van der Waals surface area contributed by atoms with Crippen molar-refractivity contribution in [3.05, 3.63) is 24.3 Å². The molecule has 0 unspecified atom stereocenters. The van der Waals surface area contributed by atoms with Gasteiger partial charge in [0.05, 0.1) is 11.4 Å². The summed E-state index contributed by atoms with van der Waals surface area (Å²) in [6.07, 6.45) is -0.984. The molecule has 7 nitrogen and oxygen atoms in total. The maximum absolute atomic E-state index is 13.5. The highest BCUT2D eigenvalue weighted by Crippen LogP contribution is 2.49. The molecule has 0 radical (unpaired) electrons. The van der Waals surface area contributed by atoms with Crippen LogP contribution in [0.4, 0.5) is 39.5 Å². The predicted octanol–water partition coefficient (Wildman–Crippen LogP) is 5.14. The van der Waals surface area contributed by atoms with Crippen molar-refractivity contribution >= 4 is 35.1 Å². The van der Waals surface area contributed by atoms with E-state index in [0.29, 0.717) is 0 Å². The number of hydrogen-bond donors (Lipinski definition) is 2. The van der Waals surface area contributed by atoms with E-state index in [0.717, 1.165) is 43.9 Å². The minimum absolute atomic E-state index is 0.0680. The van der Waals surface area contributed by atoms with Crippen LogP contribution in [0, 0.1) is 0 Å². The summed E-state index contributed by atoms with van der Waals surface area (Å²) >= 11 is -0.640. The van der Waals surface area contributed by atoms with Gasteiger partial charge in [-0.1, -0.05) is 23.7 Å². The van der Waals surface area contributed by atoms with Crippen molar-refractivity contribution in [1.82, 2.24) is 15.0 Å². The SMILES string of the molecule is Nc1nc(Nc2ccccc2SC(F)(F)C(F)(F)F)nc(ON=C2CCCCC2)n1. The Morgan fingerprint density at radius 3 is 2.40 bits per heavy atom. The molecule has 1 aromatic carbocycles. The van der Waals surface area contributed by atoms with Gasteiger partial charge in [0, 0.05) is 4.90 Å². The van der Waals surface area contributed by atoms with Crippen LogP contribution in [-0.2, 0) is 0 Å². The van der Waals surface area contributed by atoms with Gasteiger partial charge >= 0.3 is 17.4 Å². The van der Waals surface area contributed by atoms with Crippen LogP contribution in [0.3, 0.4) is 0 Å². The van der Waals surface area contributed by atoms with Crippen LogP contribution in [0.5, 0.6) is 6.01 Å². The van der Waals surface area contributed by atoms with Gasteiger partial charge in [0.25, 0.3) is 0 Å². The van der Waals surface area contributed by atoms with E-state index < -0.39 is 23.2 Å². The lowest BCUT2D eigenvalue weighted by atomic mass is 9.99. The molecule has 0 aliphatic heterocycles. The first-order chi connectivity index (χ1) is 14.1. The predicted molar refractivity (Wildman–Crippen MR) is 102 cm³/mol. The maximum Gasteiger partial charge on any atom is 0.464 e. The monoisotopic (exact) mass is 448 g/mol. The zero-order chi connectivity index (χ0) is 21.8. The third-order valence-electron chi connectivity index (χ3n) is 4.02. The number of halogens is 5. The molecular formula is C17H17F5N6OS. The first-order valence-corrected chi connectivity index (χ1v) is 9.69. The lowest BCUT2D eigenvalue weighted by molar-refractivity contribution is -0.237. The van der Waals surface area contributed by atoms with Gasteiger partial charge in [-0.2, -0.15) is 36.9 Å². The molecule has 1 aliphatic rings. The molecule has 0 bridgehead atoms. The fraction of sp³-hybridized carbons (Fsp3) is 0.412. The van der Waals surface area contributed by atoms with Gasteiger partial charge in [-0.3, -0.25) is 0 Å². The van der Waals surface area contributed by atoms with E-state index in [2.05, 4.69) is 25.4 Å². The summed E-state index contributed by atoms with van der Waals surface area (Å²) in [6, 6.07) is 4.97. The first kappa shape index (κ1) is 22.0. The average Bonchev–Trinajstić information content (AvgIpc) is 2.67. The van der Waals surface area contributed by atoms with Gasteiger partial charge < -0.3 is 15.9 Å². The average molecular weight is 448 g/mol. The molecule has 1 aromatic heterocycles. The Morgan fingerprint density at radius 2 is 1.70 bits per heavy atom. The third kappa shape index (κ3) is 5.68. The van der Waals surface area contributed by atoms with E-state index in [1.165, 1.54) is 18.2 Å². The van der Waals surface area contributed by atoms with E-state index in [1.54, 1.807) is 0 Å². The van der Waals surface area contributed by atoms with Crippen molar-refractivity contribution in [2.24, 2.45) is 5.16 Å². The van der Waals surface area contributed by atoms with Gasteiger partial charge in [-0.05, 0) is 49.6 Å². The van der Waals surface area contributed by atoms with Crippen molar-refractivity contribution in [2.45, 2.75) is 48.4 Å². The zero-order valence-electron chi connectivity index (χ0n) is 15.4. The summed E-state index contributed by atoms with van der Waals surface area (Å²) in [6.45, 7) is 0. The second kappa shape index (κ2) is 8.98. The fourth-order valence-electron chi connectivity index (χ4n) is 2.60. The minimum atomic E-state index is -5.71. The number of nitrogens with two attached hydrogens (primary N) is 1. The highest BCUT2D eigenvalue weighted by molar-refractivity contribution is 8.00. The van der Waals surface area contributed by atoms with Crippen LogP contribution < -0.4 is 15.9 Å². The molecule has 1 saturated carbocycles. The summed E-state index contributed by atoms with van der Waals surface area (Å²) < 4.78 is 64.6. The number of thioether (sulfide) groups is 1. The molecule has 0 amide bonds. The standard InChI is InChI=1S/C17H17F5N6OS/c18-16(19,20)17(21,22)30-12-9-5-4-8-11(12)24-14-25-13(23)26-15(27-14)29-28-10-6-2-1-3-7-10/h4-5,8-9H,1-3,6-7H2,(H3,23,24,25,26,27). The van der Waals surface area contributed by atoms with Gasteiger partial charge in [0.2, 0.25) is 11.9 Å². The summed E-state index contributed by atoms with van der Waals surface area (Å²) in [5.74, 6) is -0.429. The zero-order valence-corrected chi connectivity index (χ0v) is 16.2. The van der Waals surface area contributed by atoms with Crippen molar-refractivity contribution in [1.29, 1.82) is 0 Å². The Labute approximate surface area is 172 Å². The lowest BCUT2D eigenvalue weighted by Crippen LogP contribution is -2.32. The summed E-state index contributed by atoms with van der Waals surface area (Å²) in [5.41, 5.74) is 6.40. The molecule has 13 heteroatoms. The lowest BCUT2D eigenvalue weighted by Gasteiger charge is -2.20. The van der Waals surface area contributed by atoms with Crippen LogP contribution >= 0.6 is 11.8 Å². The number of para-hydroxylation sites is 1. The number of hydrogen-bond acceptors (Lipinski definition) is 8. The summed E-state index contributed by atoms with van der Waals surface area (Å²) in [7, 11) is 0. The number of aromatic nitrogens is 3. The van der Waals surface area contributed by atoms with E-state index in [9.17, 15) is 22.0 Å². The van der Waals surface area contributed by atoms with Crippen molar-refractivity contribution < 1.29 is 26.8 Å². The largest absolute Gasteiger partial charge is 0.464 e. The number of oxime groups is 1. The van der Waals surface area contributed by atoms with E-state index in [1.807, 2.05) is 0 Å². The Morgan fingerprint density at radius 1 is 1.00 bits per heavy atom. The second-order valence-electron chi connectivity index (χ2n) is 6.35. The number of nitrogens with zero attached hydrogens (tertiary/aromatic N) is 4. The normalized spacial score (nSPS) is 15.0. The highest BCUT2D eigenvalue weighted by Gasteiger charge is 2.58. The molecule has 0 spiro atoms. The Kier molecular flexibility index (Phi) is 6.58. The Hall–Kier alpha value is -2.70. The molecule has 1 fully saturated rings. The molecule has 1 heterocycles. The second-order valence-corrected chi connectivity index (χ2v) is 7.50. The van der Waals surface area contributed by atoms with E-state index in [4.69, 9.17) is 10.6 Å². The number of nitrogen functional groups attached to an aromatic ring is 1. The van der Waals surface area contributed by atoms with Gasteiger partial charge in [-0.25, -0.2) is 0 Å².